The Labute approximate surface area is 223 Å². The Morgan fingerprint density at radius 2 is 1.19 bits per heavy atom. The van der Waals surface area contributed by atoms with Crippen molar-refractivity contribution in [3.63, 3.8) is 0 Å². The molecule has 6 nitrogen and oxygen atoms in total. The van der Waals surface area contributed by atoms with Gasteiger partial charge in [0.2, 0.25) is 0 Å². The minimum atomic E-state index is -0.0467. The molecule has 0 aliphatic rings. The summed E-state index contributed by atoms with van der Waals surface area (Å²) in [5, 5.41) is 10.0. The van der Waals surface area contributed by atoms with Gasteiger partial charge in [-0.1, -0.05) is 24.3 Å². The van der Waals surface area contributed by atoms with Crippen LogP contribution in [0, 0.1) is 0 Å². The van der Waals surface area contributed by atoms with E-state index in [-0.39, 0.29) is 11.6 Å². The van der Waals surface area contributed by atoms with E-state index in [1.807, 2.05) is 59.3 Å². The van der Waals surface area contributed by atoms with Crippen LogP contribution in [0.25, 0.3) is 0 Å². The third kappa shape index (κ3) is 6.97. The molecule has 0 saturated carbocycles. The van der Waals surface area contributed by atoms with Gasteiger partial charge in [-0.05, 0) is 64.7 Å². The van der Waals surface area contributed by atoms with Gasteiger partial charge in [-0.2, -0.15) is 0 Å². The standard InChI is InChI=1S/C29H26N2O4S2/c1-34-26-18-20(7-9-22(26)30-13-11-24(32)28-5-3-15-36-28)17-21-8-10-23(27(19-21)35-2)31-14-12-25(33)29-6-4-16-37-29/h3-16,18-19,30-31H,17H2,1-2H3/b13-11+,14-12+. The number of anilines is 2. The van der Waals surface area contributed by atoms with Crippen LogP contribution in [0.4, 0.5) is 11.4 Å². The van der Waals surface area contributed by atoms with Crippen LogP contribution in [-0.2, 0) is 6.42 Å². The Kier molecular flexibility index (Phi) is 8.91. The molecular weight excluding hydrogens is 504 g/mol. The van der Waals surface area contributed by atoms with Gasteiger partial charge in [-0.3, -0.25) is 9.59 Å². The third-order valence-corrected chi connectivity index (χ3v) is 7.18. The summed E-state index contributed by atoms with van der Waals surface area (Å²) in [5.74, 6) is 1.26. The lowest BCUT2D eigenvalue weighted by molar-refractivity contribution is 0.104. The van der Waals surface area contributed by atoms with Crippen molar-refractivity contribution in [1.82, 2.24) is 0 Å². The van der Waals surface area contributed by atoms with Crippen molar-refractivity contribution >= 4 is 45.6 Å². The van der Waals surface area contributed by atoms with Crippen molar-refractivity contribution < 1.29 is 19.1 Å². The zero-order chi connectivity index (χ0) is 26.0. The second kappa shape index (κ2) is 12.7. The number of allylic oxidation sites excluding steroid dienone is 2. The first kappa shape index (κ1) is 25.9. The quantitative estimate of drug-likeness (QED) is 0.151. The first-order valence-corrected chi connectivity index (χ1v) is 13.2. The highest BCUT2D eigenvalue weighted by Crippen LogP contribution is 2.30. The summed E-state index contributed by atoms with van der Waals surface area (Å²) in [6, 6.07) is 19.1. The molecule has 0 aliphatic carbocycles. The predicted molar refractivity (Wildman–Crippen MR) is 152 cm³/mol. The van der Waals surface area contributed by atoms with Crippen LogP contribution >= 0.6 is 22.7 Å². The fourth-order valence-electron chi connectivity index (χ4n) is 3.58. The molecular formula is C29H26N2O4S2. The molecule has 0 fully saturated rings. The highest BCUT2D eigenvalue weighted by Gasteiger charge is 2.08. The van der Waals surface area contributed by atoms with Crippen LogP contribution < -0.4 is 20.1 Å². The SMILES string of the molecule is COc1cc(Cc2ccc(N/C=C/C(=O)c3cccs3)c(OC)c2)ccc1N/C=C/C(=O)c1cccs1. The van der Waals surface area contributed by atoms with Gasteiger partial charge in [0.05, 0.1) is 35.3 Å². The first-order valence-electron chi connectivity index (χ1n) is 11.4. The minimum absolute atomic E-state index is 0.0467. The fourth-order valence-corrected chi connectivity index (χ4v) is 4.87. The van der Waals surface area contributed by atoms with Gasteiger partial charge in [0.15, 0.2) is 11.6 Å². The topological polar surface area (TPSA) is 76.7 Å². The van der Waals surface area contributed by atoms with Crippen LogP contribution in [-0.4, -0.2) is 25.8 Å². The fraction of sp³-hybridized carbons (Fsp3) is 0.103. The number of rotatable bonds is 12. The van der Waals surface area contributed by atoms with Gasteiger partial charge < -0.3 is 20.1 Å². The number of ketones is 2. The Bertz CT molecular complexity index is 1300. The van der Waals surface area contributed by atoms with Gasteiger partial charge in [0.25, 0.3) is 0 Å². The van der Waals surface area contributed by atoms with E-state index in [1.54, 1.807) is 38.8 Å². The van der Waals surface area contributed by atoms with Crippen LogP contribution in [0.1, 0.15) is 30.5 Å². The lowest BCUT2D eigenvalue weighted by Gasteiger charge is -2.13. The van der Waals surface area contributed by atoms with Crippen molar-refractivity contribution in [3.8, 4) is 11.5 Å². The van der Waals surface area contributed by atoms with Gasteiger partial charge in [-0.25, -0.2) is 0 Å². The number of thiophene rings is 2. The molecule has 188 valence electrons. The number of ether oxygens (including phenoxy) is 2. The van der Waals surface area contributed by atoms with Gasteiger partial charge >= 0.3 is 0 Å². The molecule has 2 aromatic heterocycles. The van der Waals surface area contributed by atoms with E-state index in [2.05, 4.69) is 10.6 Å². The van der Waals surface area contributed by atoms with Crippen molar-refractivity contribution in [2.24, 2.45) is 0 Å². The summed E-state index contributed by atoms with van der Waals surface area (Å²) in [5.41, 5.74) is 3.65. The molecule has 0 amide bonds. The molecule has 0 saturated heterocycles. The summed E-state index contributed by atoms with van der Waals surface area (Å²) in [7, 11) is 3.23. The van der Waals surface area contributed by atoms with Crippen LogP contribution in [0.15, 0.2) is 96.0 Å². The number of benzene rings is 2. The zero-order valence-corrected chi connectivity index (χ0v) is 22.0. The maximum Gasteiger partial charge on any atom is 0.197 e. The van der Waals surface area contributed by atoms with Gasteiger partial charge in [0.1, 0.15) is 11.5 Å². The number of hydrogen-bond acceptors (Lipinski definition) is 8. The summed E-state index contributed by atoms with van der Waals surface area (Å²) in [4.78, 5) is 25.7. The van der Waals surface area contributed by atoms with Crippen molar-refractivity contribution in [2.45, 2.75) is 6.42 Å². The van der Waals surface area contributed by atoms with Crippen molar-refractivity contribution in [2.75, 3.05) is 24.9 Å². The molecule has 8 heteroatoms. The Balaban J connectivity index is 1.40. The number of methoxy groups -OCH3 is 2. The molecule has 0 atom stereocenters. The first-order chi connectivity index (χ1) is 18.1. The molecule has 2 aromatic carbocycles. The maximum absolute atomic E-state index is 12.1. The van der Waals surface area contributed by atoms with E-state index in [0.29, 0.717) is 27.7 Å². The average Bonchev–Trinajstić information content (AvgIpc) is 3.65. The normalized spacial score (nSPS) is 11.1. The Morgan fingerprint density at radius 1 is 0.730 bits per heavy atom. The van der Waals surface area contributed by atoms with Crippen molar-refractivity contribution in [1.29, 1.82) is 0 Å². The second-order valence-corrected chi connectivity index (χ2v) is 9.78. The average molecular weight is 531 g/mol. The largest absolute Gasteiger partial charge is 0.495 e. The monoisotopic (exact) mass is 530 g/mol. The third-order valence-electron chi connectivity index (χ3n) is 5.42. The molecule has 0 aliphatic heterocycles. The maximum atomic E-state index is 12.1. The summed E-state index contributed by atoms with van der Waals surface area (Å²) in [6.45, 7) is 0. The van der Waals surface area contributed by atoms with E-state index < -0.39 is 0 Å². The minimum Gasteiger partial charge on any atom is -0.495 e. The van der Waals surface area contributed by atoms with Crippen LogP contribution in [0.3, 0.4) is 0 Å². The van der Waals surface area contributed by atoms with E-state index in [4.69, 9.17) is 9.47 Å². The molecule has 2 N–H and O–H groups in total. The number of carbonyl (C=O) groups is 2. The lowest BCUT2D eigenvalue weighted by atomic mass is 10.0. The zero-order valence-electron chi connectivity index (χ0n) is 20.4. The molecule has 4 aromatic rings. The number of hydrogen-bond donors (Lipinski definition) is 2. The van der Waals surface area contributed by atoms with Gasteiger partial charge in [-0.15, -0.1) is 22.7 Å². The van der Waals surface area contributed by atoms with Crippen LogP contribution in [0.5, 0.6) is 11.5 Å². The number of nitrogens with one attached hydrogen (secondary N) is 2. The Morgan fingerprint density at radius 3 is 1.57 bits per heavy atom. The smallest absolute Gasteiger partial charge is 0.197 e. The predicted octanol–water partition coefficient (Wildman–Crippen LogP) is 7.03. The van der Waals surface area contributed by atoms with Gasteiger partial charge in [0, 0.05) is 24.6 Å². The molecule has 2 heterocycles. The second-order valence-electron chi connectivity index (χ2n) is 7.88. The molecule has 0 unspecified atom stereocenters. The van der Waals surface area contributed by atoms with E-state index in [0.717, 1.165) is 22.5 Å². The molecule has 0 spiro atoms. The van der Waals surface area contributed by atoms with E-state index in [9.17, 15) is 9.59 Å². The van der Waals surface area contributed by atoms with E-state index in [1.165, 1.54) is 34.8 Å². The summed E-state index contributed by atoms with van der Waals surface area (Å²) in [6.07, 6.45) is 6.94. The highest BCUT2D eigenvalue weighted by atomic mass is 32.1. The molecule has 0 bridgehead atoms. The molecule has 0 radical (unpaired) electrons. The highest BCUT2D eigenvalue weighted by molar-refractivity contribution is 7.12. The van der Waals surface area contributed by atoms with Crippen LogP contribution in [0.2, 0.25) is 0 Å². The van der Waals surface area contributed by atoms with E-state index >= 15 is 0 Å². The Hall–Kier alpha value is -4.14. The number of carbonyl (C=O) groups excluding carboxylic acids is 2. The lowest BCUT2D eigenvalue weighted by Crippen LogP contribution is -1.99. The summed E-state index contributed by atoms with van der Waals surface area (Å²) < 4.78 is 11.1. The summed E-state index contributed by atoms with van der Waals surface area (Å²) >= 11 is 2.83. The van der Waals surface area contributed by atoms with Crippen molar-refractivity contribution in [3.05, 3.63) is 117 Å². The molecule has 4 rings (SSSR count). The molecule has 37 heavy (non-hydrogen) atoms.